The normalized spacial score (nSPS) is 24.0. The molecule has 8 nitrogen and oxygen atoms in total. The van der Waals surface area contributed by atoms with Gasteiger partial charge >= 0.3 is 12.1 Å². The van der Waals surface area contributed by atoms with Crippen molar-refractivity contribution in [2.45, 2.75) is 64.6 Å². The fraction of sp³-hybridized carbons (Fsp3) is 0.765. The first-order chi connectivity index (χ1) is 11.4. The minimum Gasteiger partial charge on any atom is -0.436 e. The Hall–Kier alpha value is -1.64. The van der Waals surface area contributed by atoms with E-state index in [9.17, 15) is 14.7 Å². The Morgan fingerprint density at radius 2 is 1.96 bits per heavy atom. The van der Waals surface area contributed by atoms with Gasteiger partial charge in [0.05, 0.1) is 6.10 Å². The number of ether oxygens (including phenoxy) is 5. The molecule has 1 heterocycles. The summed E-state index contributed by atoms with van der Waals surface area (Å²) in [5, 5.41) is 10.1. The number of carbonyl (C=O) groups is 2. The molecule has 1 aliphatic rings. The Morgan fingerprint density at radius 3 is 2.44 bits per heavy atom. The summed E-state index contributed by atoms with van der Waals surface area (Å²) in [6.45, 7) is 12.0. The maximum absolute atomic E-state index is 12.0. The summed E-state index contributed by atoms with van der Waals surface area (Å²) < 4.78 is 26.0. The first-order valence-corrected chi connectivity index (χ1v) is 7.95. The number of esters is 1. The topological polar surface area (TPSA) is 101 Å². The molecule has 0 bridgehead atoms. The summed E-state index contributed by atoms with van der Waals surface area (Å²) in [5.41, 5.74) is -1.60. The van der Waals surface area contributed by atoms with Crippen molar-refractivity contribution in [2.75, 3.05) is 13.9 Å². The molecule has 1 N–H and O–H groups in total. The van der Waals surface area contributed by atoms with Crippen LogP contribution >= 0.6 is 0 Å². The van der Waals surface area contributed by atoms with Gasteiger partial charge in [0, 0.05) is 12.5 Å². The van der Waals surface area contributed by atoms with Crippen LogP contribution in [0.3, 0.4) is 0 Å². The van der Waals surface area contributed by atoms with Crippen molar-refractivity contribution in [3.05, 3.63) is 12.7 Å². The third kappa shape index (κ3) is 5.42. The minimum absolute atomic E-state index is 0.290. The Labute approximate surface area is 148 Å². The van der Waals surface area contributed by atoms with Gasteiger partial charge in [-0.25, -0.2) is 9.59 Å². The Morgan fingerprint density at radius 1 is 1.36 bits per heavy atom. The lowest BCUT2D eigenvalue weighted by Gasteiger charge is -2.43. The molecule has 1 rings (SSSR count). The zero-order chi connectivity index (χ0) is 19.4. The van der Waals surface area contributed by atoms with E-state index in [2.05, 4.69) is 11.3 Å². The summed E-state index contributed by atoms with van der Waals surface area (Å²) in [6.07, 6.45) is -3.52. The minimum atomic E-state index is -1.51. The SMILES string of the molecule is C=C[C@H](OC(=O)OC(C)(C)C)C(C)(C)[C@@H](OC)[C@@H]1OCOC(=O)[C@@H]1O. The number of carbonyl (C=O) groups excluding carboxylic acids is 2. The molecule has 0 radical (unpaired) electrons. The summed E-state index contributed by atoms with van der Waals surface area (Å²) in [4.78, 5) is 23.6. The number of methoxy groups -OCH3 is 1. The van der Waals surface area contributed by atoms with Crippen molar-refractivity contribution in [1.29, 1.82) is 0 Å². The second kappa shape index (κ2) is 8.16. The van der Waals surface area contributed by atoms with Gasteiger partial charge < -0.3 is 28.8 Å². The average Bonchev–Trinajstić information content (AvgIpc) is 2.47. The zero-order valence-corrected chi connectivity index (χ0v) is 15.6. The first kappa shape index (κ1) is 21.4. The van der Waals surface area contributed by atoms with Crippen molar-refractivity contribution < 1.29 is 38.4 Å². The molecule has 0 aromatic carbocycles. The number of cyclic esters (lactones) is 1. The molecule has 0 unspecified atom stereocenters. The van der Waals surface area contributed by atoms with Crippen LogP contribution in [0.1, 0.15) is 34.6 Å². The van der Waals surface area contributed by atoms with Gasteiger partial charge in [-0.3, -0.25) is 0 Å². The van der Waals surface area contributed by atoms with Gasteiger partial charge in [0.1, 0.15) is 17.8 Å². The fourth-order valence-electron chi connectivity index (χ4n) is 2.64. The van der Waals surface area contributed by atoms with Gasteiger partial charge in [0.2, 0.25) is 0 Å². The molecule has 0 aliphatic carbocycles. The Balaban J connectivity index is 2.97. The van der Waals surface area contributed by atoms with Crippen molar-refractivity contribution in [3.63, 3.8) is 0 Å². The lowest BCUT2D eigenvalue weighted by Crippen LogP contribution is -2.57. The Bertz CT molecular complexity index is 493. The maximum Gasteiger partial charge on any atom is 0.509 e. The molecule has 0 spiro atoms. The van der Waals surface area contributed by atoms with Crippen LogP contribution < -0.4 is 0 Å². The summed E-state index contributed by atoms with van der Waals surface area (Å²) in [5.74, 6) is -0.794. The van der Waals surface area contributed by atoms with Gasteiger partial charge in [-0.05, 0) is 20.8 Å². The van der Waals surface area contributed by atoms with Crippen LogP contribution in [0.4, 0.5) is 4.79 Å². The molecule has 0 saturated carbocycles. The van der Waals surface area contributed by atoms with Crippen molar-refractivity contribution >= 4 is 12.1 Å². The highest BCUT2D eigenvalue weighted by Crippen LogP contribution is 2.35. The molecule has 1 aliphatic heterocycles. The van der Waals surface area contributed by atoms with E-state index in [1.807, 2.05) is 0 Å². The first-order valence-electron chi connectivity index (χ1n) is 7.95. The van der Waals surface area contributed by atoms with E-state index in [1.54, 1.807) is 34.6 Å². The second-order valence-electron chi connectivity index (χ2n) is 7.37. The molecule has 0 aromatic heterocycles. The van der Waals surface area contributed by atoms with Crippen LogP contribution in [0.2, 0.25) is 0 Å². The highest BCUT2D eigenvalue weighted by molar-refractivity contribution is 5.75. The molecule has 0 amide bonds. The fourth-order valence-corrected chi connectivity index (χ4v) is 2.64. The lowest BCUT2D eigenvalue weighted by atomic mass is 9.76. The number of aliphatic hydroxyl groups excluding tert-OH is 1. The molecule has 25 heavy (non-hydrogen) atoms. The molecular formula is C17H28O8. The van der Waals surface area contributed by atoms with E-state index in [4.69, 9.17) is 18.9 Å². The third-order valence-electron chi connectivity index (χ3n) is 3.86. The number of aliphatic hydroxyl groups is 1. The largest absolute Gasteiger partial charge is 0.509 e. The van der Waals surface area contributed by atoms with Gasteiger partial charge in [0.15, 0.2) is 12.9 Å². The van der Waals surface area contributed by atoms with Gasteiger partial charge in [-0.2, -0.15) is 0 Å². The van der Waals surface area contributed by atoms with E-state index < -0.39 is 47.6 Å². The Kier molecular flexibility index (Phi) is 6.99. The molecule has 1 saturated heterocycles. The zero-order valence-electron chi connectivity index (χ0n) is 15.6. The van der Waals surface area contributed by atoms with Crippen molar-refractivity contribution in [2.24, 2.45) is 5.41 Å². The monoisotopic (exact) mass is 360 g/mol. The average molecular weight is 360 g/mol. The quantitative estimate of drug-likeness (QED) is 0.565. The van der Waals surface area contributed by atoms with Crippen LogP contribution in [0.15, 0.2) is 12.7 Å². The van der Waals surface area contributed by atoms with Crippen LogP contribution in [0.25, 0.3) is 0 Å². The van der Waals surface area contributed by atoms with Gasteiger partial charge in [-0.1, -0.05) is 26.5 Å². The second-order valence-corrected chi connectivity index (χ2v) is 7.37. The van der Waals surface area contributed by atoms with E-state index >= 15 is 0 Å². The number of hydrogen-bond donors (Lipinski definition) is 1. The molecule has 144 valence electrons. The standard InChI is InChI=1S/C17H28O8/c1-8-10(24-15(20)25-16(2,3)4)17(5,6)13(21-7)12-11(18)14(19)23-9-22-12/h8,10-13,18H,1,9H2,2-7H3/t10-,11+,12+,13-/m0/s1. The number of hydrogen-bond acceptors (Lipinski definition) is 8. The highest BCUT2D eigenvalue weighted by Gasteiger charge is 2.49. The molecule has 0 aromatic rings. The van der Waals surface area contributed by atoms with E-state index in [0.717, 1.165) is 0 Å². The molecule has 1 fully saturated rings. The van der Waals surface area contributed by atoms with E-state index in [-0.39, 0.29) is 6.79 Å². The third-order valence-corrected chi connectivity index (χ3v) is 3.86. The predicted molar refractivity (Wildman–Crippen MR) is 87.7 cm³/mol. The number of rotatable bonds is 6. The summed E-state index contributed by atoms with van der Waals surface area (Å²) in [7, 11) is 1.41. The predicted octanol–water partition coefficient (Wildman–Crippen LogP) is 1.79. The van der Waals surface area contributed by atoms with E-state index in [1.165, 1.54) is 13.2 Å². The molecule has 8 heteroatoms. The van der Waals surface area contributed by atoms with Crippen LogP contribution in [-0.2, 0) is 28.5 Å². The summed E-state index contributed by atoms with van der Waals surface area (Å²) >= 11 is 0. The van der Waals surface area contributed by atoms with Crippen molar-refractivity contribution in [3.8, 4) is 0 Å². The lowest BCUT2D eigenvalue weighted by molar-refractivity contribution is -0.237. The van der Waals surface area contributed by atoms with Gasteiger partial charge in [-0.15, -0.1) is 0 Å². The van der Waals surface area contributed by atoms with Crippen molar-refractivity contribution in [1.82, 2.24) is 0 Å². The van der Waals surface area contributed by atoms with Crippen LogP contribution in [-0.4, -0.2) is 61.2 Å². The van der Waals surface area contributed by atoms with Crippen LogP contribution in [0.5, 0.6) is 0 Å². The van der Waals surface area contributed by atoms with Gasteiger partial charge in [0.25, 0.3) is 0 Å². The van der Waals surface area contributed by atoms with E-state index in [0.29, 0.717) is 0 Å². The summed E-state index contributed by atoms with van der Waals surface area (Å²) in [6, 6.07) is 0. The molecular weight excluding hydrogens is 332 g/mol. The maximum atomic E-state index is 12.0. The molecule has 4 atom stereocenters. The highest BCUT2D eigenvalue weighted by atomic mass is 16.7. The van der Waals surface area contributed by atoms with Crippen LogP contribution in [0, 0.1) is 5.41 Å². The smallest absolute Gasteiger partial charge is 0.436 e.